The second kappa shape index (κ2) is 11.2. The van der Waals surface area contributed by atoms with Crippen LogP contribution in [0, 0.1) is 0 Å². The van der Waals surface area contributed by atoms with Crippen molar-refractivity contribution in [2.24, 2.45) is 0 Å². The van der Waals surface area contributed by atoms with Gasteiger partial charge >= 0.3 is 21.3 Å². The molecule has 2 aliphatic heterocycles. The summed E-state index contributed by atoms with van der Waals surface area (Å²) < 4.78 is 48.1. The zero-order valence-electron chi connectivity index (χ0n) is 17.9. The van der Waals surface area contributed by atoms with Gasteiger partial charge in [-0.3, -0.25) is 23.4 Å². The van der Waals surface area contributed by atoms with Crippen molar-refractivity contribution in [3.8, 4) is 0 Å². The van der Waals surface area contributed by atoms with Gasteiger partial charge in [0.15, 0.2) is 12.5 Å². The molecule has 0 bridgehead atoms. The second-order valence-electron chi connectivity index (χ2n) is 7.68. The molecule has 19 nitrogen and oxygen atoms in total. The minimum absolute atomic E-state index is 0.723. The number of nitrogens with one attached hydrogen (secondary N) is 1. The second-order valence-corrected chi connectivity index (χ2v) is 10.7. The van der Waals surface area contributed by atoms with Crippen LogP contribution in [0.4, 0.5) is 0 Å². The number of aliphatic hydroxyl groups excluding tert-OH is 6. The smallest absolute Gasteiger partial charge is 0.394 e. The first-order valence-electron chi connectivity index (χ1n) is 9.99. The molecular formula is C15H24N2O17P2. The van der Waals surface area contributed by atoms with Crippen molar-refractivity contribution in [2.45, 2.75) is 55.2 Å². The first-order chi connectivity index (χ1) is 16.7. The maximum absolute atomic E-state index is 12.2. The van der Waals surface area contributed by atoms with Crippen LogP contribution in [-0.2, 0) is 32.0 Å². The third-order valence-electron chi connectivity index (χ3n) is 5.16. The quantitative estimate of drug-likeness (QED) is 0.127. The van der Waals surface area contributed by atoms with Crippen LogP contribution in [0.2, 0.25) is 0 Å². The molecule has 0 aromatic carbocycles. The van der Waals surface area contributed by atoms with Crippen LogP contribution in [0.1, 0.15) is 6.23 Å². The van der Waals surface area contributed by atoms with Crippen molar-refractivity contribution in [3.63, 3.8) is 0 Å². The fourth-order valence-corrected chi connectivity index (χ4v) is 5.51. The molecule has 0 spiro atoms. The molecule has 1 aromatic rings. The lowest BCUT2D eigenvalue weighted by atomic mass is 10.00. The number of phosphoric ester groups is 2. The van der Waals surface area contributed by atoms with Gasteiger partial charge in [-0.1, -0.05) is 0 Å². The normalized spacial score (nSPS) is 38.4. The number of hydrogen-bond acceptors (Lipinski definition) is 15. The van der Waals surface area contributed by atoms with Gasteiger partial charge in [0.1, 0.15) is 42.7 Å². The van der Waals surface area contributed by atoms with Crippen molar-refractivity contribution in [2.75, 3.05) is 13.2 Å². The van der Waals surface area contributed by atoms with Crippen molar-refractivity contribution in [3.05, 3.63) is 33.1 Å². The van der Waals surface area contributed by atoms with Crippen LogP contribution < -0.4 is 11.2 Å². The summed E-state index contributed by atoms with van der Waals surface area (Å²) in [4.78, 5) is 44.5. The lowest BCUT2D eigenvalue weighted by molar-refractivity contribution is -0.280. The molecule has 2 fully saturated rings. The number of aromatic amines is 1. The molecule has 0 amide bonds. The first kappa shape index (κ1) is 29.2. The molecule has 9 N–H and O–H groups in total. The Morgan fingerprint density at radius 3 is 2.17 bits per heavy atom. The molecule has 2 aliphatic rings. The number of aromatic nitrogens is 2. The zero-order valence-corrected chi connectivity index (χ0v) is 19.6. The predicted molar refractivity (Wildman–Crippen MR) is 109 cm³/mol. The van der Waals surface area contributed by atoms with E-state index >= 15 is 0 Å². The summed E-state index contributed by atoms with van der Waals surface area (Å²) in [5, 5.41) is 58.6. The van der Waals surface area contributed by atoms with Gasteiger partial charge in [-0.15, -0.1) is 0 Å². The standard InChI is InChI=1S/C15H24N2O17P2/c18-3-5-8(20)10(22)12(24)14(32-5)33-36(28,29)34-35(26,27)30-4-6-9(21)11(23)13(31-6)17-2-1-7(19)16-15(17)25/h1-2,5-6,8-14,18,20-24H,3-4H2,(H,26,27)(H,28,29)(H,16,19,25)/t5-,6-,8-,9-,10-,11-,12-,13-,14-/m1/s1. The Labute approximate surface area is 199 Å². The number of aliphatic hydroxyl groups is 6. The third-order valence-corrected chi connectivity index (χ3v) is 7.76. The van der Waals surface area contributed by atoms with Crippen LogP contribution >= 0.6 is 15.6 Å². The molecule has 21 heteroatoms. The van der Waals surface area contributed by atoms with Crippen molar-refractivity contribution in [1.82, 2.24) is 9.55 Å². The molecule has 3 heterocycles. The van der Waals surface area contributed by atoms with Crippen LogP contribution in [0.25, 0.3) is 0 Å². The van der Waals surface area contributed by atoms with E-state index in [1.165, 1.54) is 0 Å². The number of phosphoric acid groups is 2. The molecule has 0 saturated carbocycles. The summed E-state index contributed by atoms with van der Waals surface area (Å²) in [7, 11) is -11.1. The Morgan fingerprint density at radius 1 is 0.917 bits per heavy atom. The van der Waals surface area contributed by atoms with Crippen LogP contribution in [0.5, 0.6) is 0 Å². The lowest BCUT2D eigenvalue weighted by Crippen LogP contribution is -2.58. The fraction of sp³-hybridized carbons (Fsp3) is 0.733. The Morgan fingerprint density at radius 2 is 1.56 bits per heavy atom. The molecule has 2 unspecified atom stereocenters. The van der Waals surface area contributed by atoms with Gasteiger partial charge in [0.05, 0.1) is 13.2 Å². The summed E-state index contributed by atoms with van der Waals surface area (Å²) in [5.74, 6) is 0. The first-order valence-corrected chi connectivity index (χ1v) is 13.0. The lowest BCUT2D eigenvalue weighted by Gasteiger charge is -2.39. The van der Waals surface area contributed by atoms with Gasteiger partial charge < -0.3 is 49.9 Å². The van der Waals surface area contributed by atoms with Crippen molar-refractivity contribution >= 4 is 15.6 Å². The highest BCUT2D eigenvalue weighted by atomic mass is 31.3. The van der Waals surface area contributed by atoms with E-state index in [1.54, 1.807) is 0 Å². The molecule has 0 aliphatic carbocycles. The van der Waals surface area contributed by atoms with Gasteiger partial charge in [0, 0.05) is 12.3 Å². The van der Waals surface area contributed by atoms with E-state index in [-0.39, 0.29) is 0 Å². The Balaban J connectivity index is 1.61. The molecule has 3 rings (SSSR count). The fourth-order valence-electron chi connectivity index (χ4n) is 3.35. The maximum Gasteiger partial charge on any atom is 0.483 e. The average molecular weight is 566 g/mol. The molecule has 36 heavy (non-hydrogen) atoms. The molecule has 1 aromatic heterocycles. The largest absolute Gasteiger partial charge is 0.483 e. The highest BCUT2D eigenvalue weighted by Gasteiger charge is 2.49. The molecular weight excluding hydrogens is 542 g/mol. The summed E-state index contributed by atoms with van der Waals surface area (Å²) in [5.41, 5.74) is -1.75. The highest BCUT2D eigenvalue weighted by molar-refractivity contribution is 7.61. The van der Waals surface area contributed by atoms with Gasteiger partial charge in [0.2, 0.25) is 0 Å². The van der Waals surface area contributed by atoms with E-state index in [1.807, 2.05) is 4.98 Å². The minimum atomic E-state index is -5.59. The SMILES string of the molecule is O=c1ccn([C@@H]2O[C@H](COP(=O)(O)OP(=O)(O)O[C@H]3O[C@H](CO)[C@@H](O)[C@@H](O)[C@H]3O)[C@@H](O)[C@H]2O)c(=O)[nH]1. The van der Waals surface area contributed by atoms with Gasteiger partial charge in [-0.05, 0) is 0 Å². The molecule has 206 valence electrons. The number of H-pyrrole nitrogens is 1. The van der Waals surface area contributed by atoms with E-state index in [2.05, 4.69) is 13.4 Å². The van der Waals surface area contributed by atoms with Gasteiger partial charge in [0.25, 0.3) is 5.56 Å². The third kappa shape index (κ3) is 6.54. The monoisotopic (exact) mass is 566 g/mol. The van der Waals surface area contributed by atoms with Gasteiger partial charge in [-0.25, -0.2) is 13.9 Å². The number of hydrogen-bond donors (Lipinski definition) is 9. The van der Waals surface area contributed by atoms with E-state index in [0.29, 0.717) is 0 Å². The number of rotatable bonds is 9. The highest BCUT2D eigenvalue weighted by Crippen LogP contribution is 2.61. The van der Waals surface area contributed by atoms with Gasteiger partial charge in [-0.2, -0.15) is 4.31 Å². The van der Waals surface area contributed by atoms with Crippen LogP contribution in [-0.4, -0.2) is 112 Å². The zero-order chi connectivity index (χ0) is 27.0. The maximum atomic E-state index is 12.2. The average Bonchev–Trinajstić information content (AvgIpc) is 3.06. The topological polar surface area (TPSA) is 297 Å². The molecule has 2 saturated heterocycles. The summed E-state index contributed by atoms with van der Waals surface area (Å²) in [6.45, 7) is -1.93. The Hall–Kier alpha value is -1.38. The summed E-state index contributed by atoms with van der Waals surface area (Å²) in [6, 6.07) is 0.928. The summed E-state index contributed by atoms with van der Waals surface area (Å²) >= 11 is 0. The van der Waals surface area contributed by atoms with E-state index in [0.717, 1.165) is 16.8 Å². The molecule has 0 radical (unpaired) electrons. The minimum Gasteiger partial charge on any atom is -0.394 e. The van der Waals surface area contributed by atoms with E-state index in [4.69, 9.17) is 14.6 Å². The van der Waals surface area contributed by atoms with Crippen LogP contribution in [0.15, 0.2) is 21.9 Å². The number of ether oxygens (including phenoxy) is 2. The predicted octanol–water partition coefficient (Wildman–Crippen LogP) is -4.79. The molecule has 11 atom stereocenters. The number of nitrogens with zero attached hydrogens (tertiary/aromatic N) is 1. The van der Waals surface area contributed by atoms with Crippen molar-refractivity contribution < 1.29 is 72.4 Å². The van der Waals surface area contributed by atoms with Crippen molar-refractivity contribution in [1.29, 1.82) is 0 Å². The Kier molecular flexibility index (Phi) is 9.05. The summed E-state index contributed by atoms with van der Waals surface area (Å²) in [6.07, 6.45) is -15.4. The Bertz CT molecular complexity index is 1120. The van der Waals surface area contributed by atoms with E-state index < -0.39 is 95.4 Å². The van der Waals surface area contributed by atoms with Crippen LogP contribution in [0.3, 0.4) is 0 Å². The van der Waals surface area contributed by atoms with E-state index in [9.17, 15) is 54.0 Å².